The number of aryl methyl sites for hydroxylation is 1. The molecule has 214 valence electrons. The van der Waals surface area contributed by atoms with Crippen molar-refractivity contribution in [3.63, 3.8) is 0 Å². The second-order valence-corrected chi connectivity index (χ2v) is 10.9. The number of nitrogens with zero attached hydrogens (tertiary/aromatic N) is 6. The third-order valence-electron chi connectivity index (χ3n) is 7.07. The Bertz CT molecular complexity index is 1850. The fourth-order valence-electron chi connectivity index (χ4n) is 5.33. The molecule has 1 unspecified atom stereocenters. The summed E-state index contributed by atoms with van der Waals surface area (Å²) in [5.41, 5.74) is 3.99. The minimum absolute atomic E-state index is 0.0119. The first-order valence-electron chi connectivity index (χ1n) is 13.2. The zero-order chi connectivity index (χ0) is 29.5. The number of fused-ring (bicyclic) bond motifs is 2. The predicted octanol–water partition coefficient (Wildman–Crippen LogP) is 5.33. The van der Waals surface area contributed by atoms with Gasteiger partial charge >= 0.3 is 0 Å². The van der Waals surface area contributed by atoms with E-state index in [1.165, 1.54) is 17.4 Å². The minimum atomic E-state index is -0.838. The molecule has 0 saturated heterocycles. The van der Waals surface area contributed by atoms with Gasteiger partial charge in [0, 0.05) is 39.9 Å². The van der Waals surface area contributed by atoms with E-state index >= 15 is 4.39 Å². The van der Waals surface area contributed by atoms with Crippen molar-refractivity contribution >= 4 is 27.3 Å². The molecule has 4 aromatic heterocycles. The topological polar surface area (TPSA) is 106 Å². The largest absolute Gasteiger partial charge is 0.490 e. The maximum absolute atomic E-state index is 15.8. The number of halogens is 2. The standard InChI is InChI=1S/C30H26F2N6O3S/c1-4-25(40)37-14-17(3)38-20(15-37)12-23(36-38)29-27(26-22(32)10-19(31)11-24(26)41-7-6-39)30-21(5-8-42-30)28(34-29)18-9-16(2)35-33-13-18/h4-5,8-13,17,39H,1,6-7,14-15H2,2-3H3. The molecular formula is C30H26F2N6O3S. The van der Waals surface area contributed by atoms with Crippen LogP contribution in [0.3, 0.4) is 0 Å². The molecule has 1 amide bonds. The lowest BCUT2D eigenvalue weighted by molar-refractivity contribution is -0.127. The first kappa shape index (κ1) is 27.6. The molecule has 12 heteroatoms. The lowest BCUT2D eigenvalue weighted by atomic mass is 9.96. The van der Waals surface area contributed by atoms with Crippen molar-refractivity contribution in [2.24, 2.45) is 0 Å². The Labute approximate surface area is 243 Å². The molecule has 0 radical (unpaired) electrons. The van der Waals surface area contributed by atoms with E-state index in [9.17, 15) is 14.3 Å². The van der Waals surface area contributed by atoms with Crippen molar-refractivity contribution < 1.29 is 23.4 Å². The number of benzene rings is 1. The van der Waals surface area contributed by atoms with Crippen molar-refractivity contribution in [2.75, 3.05) is 19.8 Å². The van der Waals surface area contributed by atoms with Crippen LogP contribution in [0, 0.1) is 18.6 Å². The van der Waals surface area contributed by atoms with Crippen molar-refractivity contribution in [3.8, 4) is 39.5 Å². The van der Waals surface area contributed by atoms with E-state index < -0.39 is 11.6 Å². The third-order valence-corrected chi connectivity index (χ3v) is 8.00. The van der Waals surface area contributed by atoms with E-state index in [1.54, 1.807) is 11.1 Å². The number of hydrogen-bond donors (Lipinski definition) is 1. The van der Waals surface area contributed by atoms with E-state index in [0.717, 1.165) is 28.8 Å². The van der Waals surface area contributed by atoms with Gasteiger partial charge in [-0.25, -0.2) is 13.8 Å². The summed E-state index contributed by atoms with van der Waals surface area (Å²) in [5.74, 6) is -1.89. The van der Waals surface area contributed by atoms with Crippen LogP contribution in [-0.4, -0.2) is 60.6 Å². The zero-order valence-electron chi connectivity index (χ0n) is 22.8. The first-order valence-corrected chi connectivity index (χ1v) is 14.1. The molecule has 42 heavy (non-hydrogen) atoms. The Morgan fingerprint density at radius 1 is 1.24 bits per heavy atom. The van der Waals surface area contributed by atoms with Crippen LogP contribution in [0.15, 0.2) is 54.6 Å². The molecule has 9 nitrogen and oxygen atoms in total. The molecule has 1 aromatic carbocycles. The highest BCUT2D eigenvalue weighted by molar-refractivity contribution is 7.18. The van der Waals surface area contributed by atoms with Crippen molar-refractivity contribution in [2.45, 2.75) is 26.4 Å². The smallest absolute Gasteiger partial charge is 0.246 e. The quantitative estimate of drug-likeness (QED) is 0.256. The Hall–Kier alpha value is -4.55. The average Bonchev–Trinajstić information content (AvgIpc) is 3.63. The van der Waals surface area contributed by atoms with E-state index in [0.29, 0.717) is 46.1 Å². The fraction of sp³-hybridized carbons (Fsp3) is 0.233. The summed E-state index contributed by atoms with van der Waals surface area (Å²) in [6, 6.07) is 7.34. The molecule has 5 heterocycles. The van der Waals surface area contributed by atoms with Gasteiger partial charge in [-0.1, -0.05) is 6.58 Å². The van der Waals surface area contributed by atoms with E-state index in [1.807, 2.05) is 42.1 Å². The van der Waals surface area contributed by atoms with E-state index in [2.05, 4.69) is 16.8 Å². The number of carbonyl (C=O) groups excluding carboxylic acids is 1. The highest BCUT2D eigenvalue weighted by atomic mass is 32.1. The lowest BCUT2D eigenvalue weighted by Crippen LogP contribution is -2.39. The highest BCUT2D eigenvalue weighted by Gasteiger charge is 2.30. The third kappa shape index (κ3) is 4.82. The Morgan fingerprint density at radius 3 is 2.83 bits per heavy atom. The molecule has 1 aliphatic heterocycles. The van der Waals surface area contributed by atoms with Gasteiger partial charge in [0.15, 0.2) is 0 Å². The fourth-order valence-corrected chi connectivity index (χ4v) is 6.28. The number of amides is 1. The van der Waals surface area contributed by atoms with Crippen molar-refractivity contribution in [1.29, 1.82) is 0 Å². The molecule has 5 aromatic rings. The van der Waals surface area contributed by atoms with Gasteiger partial charge in [-0.05, 0) is 43.5 Å². The highest BCUT2D eigenvalue weighted by Crippen LogP contribution is 2.47. The Balaban J connectivity index is 1.65. The lowest BCUT2D eigenvalue weighted by Gasteiger charge is -2.31. The van der Waals surface area contributed by atoms with Crippen LogP contribution in [0.1, 0.15) is 24.4 Å². The minimum Gasteiger partial charge on any atom is -0.490 e. The predicted molar refractivity (Wildman–Crippen MR) is 155 cm³/mol. The molecule has 0 saturated carbocycles. The second kappa shape index (κ2) is 11.0. The number of aliphatic hydroxyl groups is 1. The van der Waals surface area contributed by atoms with Crippen LogP contribution in [0.5, 0.6) is 5.75 Å². The second-order valence-electron chi connectivity index (χ2n) is 10.0. The van der Waals surface area contributed by atoms with Crippen LogP contribution in [0.4, 0.5) is 8.78 Å². The molecule has 0 fully saturated rings. The summed E-state index contributed by atoms with van der Waals surface area (Å²) in [4.78, 5) is 19.2. The van der Waals surface area contributed by atoms with Gasteiger partial charge in [-0.3, -0.25) is 9.48 Å². The number of ether oxygens (including phenoxy) is 1. The number of aromatic nitrogens is 5. The first-order chi connectivity index (χ1) is 20.3. The van der Waals surface area contributed by atoms with Crippen molar-refractivity contribution in [1.82, 2.24) is 29.9 Å². The molecule has 1 N–H and O–H groups in total. The SMILES string of the molecule is C=CC(=O)N1Cc2cc(-c3nc(-c4cnnc(C)c4)c4ccsc4c3-c3c(F)cc(F)cc3OCCO)nn2C(C)C1. The van der Waals surface area contributed by atoms with Gasteiger partial charge in [-0.15, -0.1) is 11.3 Å². The maximum Gasteiger partial charge on any atom is 0.246 e. The van der Waals surface area contributed by atoms with Crippen LogP contribution in [-0.2, 0) is 11.3 Å². The van der Waals surface area contributed by atoms with Crippen LogP contribution < -0.4 is 4.74 Å². The van der Waals surface area contributed by atoms with Gasteiger partial charge in [0.25, 0.3) is 0 Å². The van der Waals surface area contributed by atoms with Gasteiger partial charge in [0.1, 0.15) is 35.4 Å². The summed E-state index contributed by atoms with van der Waals surface area (Å²) in [5, 5.41) is 25.1. The molecule has 1 aliphatic rings. The molecule has 6 rings (SSSR count). The summed E-state index contributed by atoms with van der Waals surface area (Å²) >= 11 is 1.38. The average molecular weight is 589 g/mol. The van der Waals surface area contributed by atoms with Gasteiger partial charge in [-0.2, -0.15) is 15.3 Å². The van der Waals surface area contributed by atoms with Gasteiger partial charge < -0.3 is 14.7 Å². The summed E-state index contributed by atoms with van der Waals surface area (Å²) < 4.78 is 38.4. The summed E-state index contributed by atoms with van der Waals surface area (Å²) in [6.45, 7) is 7.66. The summed E-state index contributed by atoms with van der Waals surface area (Å²) in [7, 11) is 0. The zero-order valence-corrected chi connectivity index (χ0v) is 23.7. The molecular weight excluding hydrogens is 562 g/mol. The van der Waals surface area contributed by atoms with Crippen LogP contribution >= 0.6 is 11.3 Å². The molecule has 0 bridgehead atoms. The molecule has 1 atom stereocenters. The number of hydrogen-bond acceptors (Lipinski definition) is 8. The van der Waals surface area contributed by atoms with E-state index in [-0.39, 0.29) is 36.5 Å². The number of pyridine rings is 1. The summed E-state index contributed by atoms with van der Waals surface area (Å²) in [6.07, 6.45) is 2.90. The normalized spacial score (nSPS) is 14.7. The maximum atomic E-state index is 15.8. The molecule has 0 aliphatic carbocycles. The molecule has 0 spiro atoms. The monoisotopic (exact) mass is 588 g/mol. The van der Waals surface area contributed by atoms with Crippen molar-refractivity contribution in [3.05, 3.63) is 77.6 Å². The number of carbonyl (C=O) groups is 1. The Kier molecular flexibility index (Phi) is 7.25. The van der Waals surface area contributed by atoms with E-state index in [4.69, 9.17) is 14.8 Å². The van der Waals surface area contributed by atoms with Gasteiger partial charge in [0.05, 0.1) is 48.0 Å². The van der Waals surface area contributed by atoms with Crippen LogP contribution in [0.25, 0.3) is 43.9 Å². The Morgan fingerprint density at radius 2 is 2.07 bits per heavy atom. The number of thiophene rings is 1. The van der Waals surface area contributed by atoms with Crippen LogP contribution in [0.2, 0.25) is 0 Å². The van der Waals surface area contributed by atoms with Gasteiger partial charge in [0.2, 0.25) is 5.91 Å². The number of aliphatic hydroxyl groups excluding tert-OH is 1. The number of rotatable bonds is 7.